The molecule has 34 heavy (non-hydrogen) atoms. The second-order valence-electron chi connectivity index (χ2n) is 9.68. The maximum absolute atomic E-state index is 13.4. The predicted octanol–water partition coefficient (Wildman–Crippen LogP) is 3.80. The minimum Gasteiger partial charge on any atom is -0.336 e. The van der Waals surface area contributed by atoms with E-state index in [1.807, 2.05) is 39.8 Å². The molecule has 9 heteroatoms. The third kappa shape index (κ3) is 4.63. The highest BCUT2D eigenvalue weighted by molar-refractivity contribution is 7.89. The number of aromatic nitrogens is 2. The zero-order valence-corrected chi connectivity index (χ0v) is 21.0. The molecule has 0 bridgehead atoms. The highest BCUT2D eigenvalue weighted by Gasteiger charge is 2.32. The second-order valence-corrected chi connectivity index (χ2v) is 11.6. The summed E-state index contributed by atoms with van der Waals surface area (Å²) in [6.07, 6.45) is 0. The highest BCUT2D eigenvalue weighted by Crippen LogP contribution is 2.28. The summed E-state index contributed by atoms with van der Waals surface area (Å²) in [4.78, 5) is 19.9. The molecule has 0 unspecified atom stereocenters. The van der Waals surface area contributed by atoms with E-state index in [1.54, 1.807) is 42.2 Å². The van der Waals surface area contributed by atoms with Crippen LogP contribution in [0.4, 0.5) is 0 Å². The van der Waals surface area contributed by atoms with Gasteiger partial charge < -0.3 is 9.42 Å². The molecule has 0 N–H and O–H groups in total. The summed E-state index contributed by atoms with van der Waals surface area (Å²) < 4.78 is 33.3. The van der Waals surface area contributed by atoms with Crippen LogP contribution in [0.2, 0.25) is 0 Å². The number of sulfonamides is 1. The van der Waals surface area contributed by atoms with Gasteiger partial charge in [-0.1, -0.05) is 55.8 Å². The zero-order chi connectivity index (χ0) is 24.7. The molecule has 1 amide bonds. The van der Waals surface area contributed by atoms with Crippen LogP contribution in [-0.4, -0.2) is 59.8 Å². The van der Waals surface area contributed by atoms with Gasteiger partial charge in [-0.05, 0) is 37.6 Å². The molecule has 1 aliphatic rings. The van der Waals surface area contributed by atoms with Gasteiger partial charge in [0.2, 0.25) is 10.0 Å². The summed E-state index contributed by atoms with van der Waals surface area (Å²) in [6.45, 7) is 10.8. The number of piperazine rings is 1. The van der Waals surface area contributed by atoms with E-state index in [0.717, 1.165) is 11.1 Å². The van der Waals surface area contributed by atoms with Gasteiger partial charge in [0.25, 0.3) is 11.8 Å². The number of carbonyl (C=O) groups excluding carboxylic acids is 1. The van der Waals surface area contributed by atoms with Crippen molar-refractivity contribution in [3.63, 3.8) is 0 Å². The molecule has 1 aliphatic heterocycles. The number of hydrogen-bond acceptors (Lipinski definition) is 6. The number of carbonyl (C=O) groups is 1. The number of rotatable bonds is 4. The Bertz CT molecular complexity index is 1320. The number of benzene rings is 2. The molecule has 1 saturated heterocycles. The summed E-state index contributed by atoms with van der Waals surface area (Å²) in [5.41, 5.74) is 2.49. The first kappa shape index (κ1) is 24.1. The van der Waals surface area contributed by atoms with E-state index in [9.17, 15) is 13.2 Å². The first-order chi connectivity index (χ1) is 16.0. The molecule has 2 aromatic carbocycles. The number of nitrogens with zero attached hydrogens (tertiary/aromatic N) is 4. The van der Waals surface area contributed by atoms with Crippen LogP contribution in [0.25, 0.3) is 11.5 Å². The van der Waals surface area contributed by atoms with Crippen molar-refractivity contribution in [2.45, 2.75) is 44.9 Å². The Kier molecular flexibility index (Phi) is 6.35. The number of hydrogen-bond donors (Lipinski definition) is 0. The van der Waals surface area contributed by atoms with E-state index >= 15 is 0 Å². The Labute approximate surface area is 200 Å². The van der Waals surface area contributed by atoms with E-state index < -0.39 is 10.0 Å². The lowest BCUT2D eigenvalue weighted by atomic mass is 9.96. The summed E-state index contributed by atoms with van der Waals surface area (Å²) in [6, 6.07) is 12.5. The molecule has 0 radical (unpaired) electrons. The smallest absolute Gasteiger partial charge is 0.258 e. The number of aryl methyl sites for hydroxylation is 2. The average Bonchev–Trinajstić information content (AvgIpc) is 3.29. The van der Waals surface area contributed by atoms with Gasteiger partial charge in [-0.3, -0.25) is 4.79 Å². The van der Waals surface area contributed by atoms with Crippen molar-refractivity contribution in [3.05, 3.63) is 65.0 Å². The van der Waals surface area contributed by atoms with Crippen molar-refractivity contribution in [1.29, 1.82) is 0 Å². The summed E-state index contributed by atoms with van der Waals surface area (Å²) in [5, 5.41) is 4.07. The highest BCUT2D eigenvalue weighted by atomic mass is 32.2. The summed E-state index contributed by atoms with van der Waals surface area (Å²) >= 11 is 0. The Morgan fingerprint density at radius 1 is 1.00 bits per heavy atom. The monoisotopic (exact) mass is 482 g/mol. The van der Waals surface area contributed by atoms with Crippen molar-refractivity contribution in [1.82, 2.24) is 19.3 Å². The van der Waals surface area contributed by atoms with Crippen molar-refractivity contribution in [2.75, 3.05) is 26.2 Å². The molecule has 0 saturated carbocycles. The molecule has 0 atom stereocenters. The first-order valence-corrected chi connectivity index (χ1v) is 12.7. The summed E-state index contributed by atoms with van der Waals surface area (Å²) in [7, 11) is -3.62. The SMILES string of the molecule is Cc1ccc(S(=O)(=O)N2CCN(C(=O)c3ccccc3-c3nc(C(C)(C)C)no3)CC2)c(C)c1. The van der Waals surface area contributed by atoms with E-state index in [0.29, 0.717) is 40.8 Å². The predicted molar refractivity (Wildman–Crippen MR) is 129 cm³/mol. The lowest BCUT2D eigenvalue weighted by molar-refractivity contribution is 0.0698. The van der Waals surface area contributed by atoms with Crippen molar-refractivity contribution in [3.8, 4) is 11.5 Å². The van der Waals surface area contributed by atoms with Gasteiger partial charge in [0.05, 0.1) is 16.0 Å². The molecular formula is C25H30N4O4S. The third-order valence-electron chi connectivity index (χ3n) is 5.96. The quantitative estimate of drug-likeness (QED) is 0.561. The van der Waals surface area contributed by atoms with Gasteiger partial charge >= 0.3 is 0 Å². The first-order valence-electron chi connectivity index (χ1n) is 11.3. The van der Waals surface area contributed by atoms with E-state index in [4.69, 9.17) is 4.52 Å². The molecule has 2 heterocycles. The van der Waals surface area contributed by atoms with Gasteiger partial charge in [-0.2, -0.15) is 9.29 Å². The second kappa shape index (κ2) is 8.96. The minimum atomic E-state index is -3.62. The fourth-order valence-electron chi connectivity index (χ4n) is 4.02. The van der Waals surface area contributed by atoms with Crippen LogP contribution in [0.5, 0.6) is 0 Å². The van der Waals surface area contributed by atoms with Crippen LogP contribution in [0, 0.1) is 13.8 Å². The molecular weight excluding hydrogens is 452 g/mol. The zero-order valence-electron chi connectivity index (χ0n) is 20.2. The van der Waals surface area contributed by atoms with Gasteiger partial charge in [-0.25, -0.2) is 8.42 Å². The van der Waals surface area contributed by atoms with Gasteiger partial charge in [0.1, 0.15) is 0 Å². The Morgan fingerprint density at radius 2 is 1.68 bits per heavy atom. The molecule has 8 nitrogen and oxygen atoms in total. The van der Waals surface area contributed by atoms with Crippen molar-refractivity contribution >= 4 is 15.9 Å². The van der Waals surface area contributed by atoms with Crippen LogP contribution >= 0.6 is 0 Å². The largest absolute Gasteiger partial charge is 0.336 e. The third-order valence-corrected chi connectivity index (χ3v) is 8.02. The molecule has 0 aliphatic carbocycles. The molecule has 4 rings (SSSR count). The van der Waals surface area contributed by atoms with Crippen molar-refractivity contribution < 1.29 is 17.7 Å². The fraction of sp³-hybridized carbons (Fsp3) is 0.400. The molecule has 1 aromatic heterocycles. The average molecular weight is 483 g/mol. The molecule has 1 fully saturated rings. The van der Waals surface area contributed by atoms with E-state index in [2.05, 4.69) is 10.1 Å². The van der Waals surface area contributed by atoms with Crippen LogP contribution in [0.3, 0.4) is 0 Å². The van der Waals surface area contributed by atoms with Crippen LogP contribution in [0.15, 0.2) is 51.9 Å². The molecule has 3 aromatic rings. The van der Waals surface area contributed by atoms with Gasteiger partial charge in [0.15, 0.2) is 5.82 Å². The normalized spacial score (nSPS) is 15.5. The standard InChI is InChI=1S/C25H30N4O4S/c1-17-10-11-21(18(2)16-17)34(31,32)29-14-12-28(13-15-29)23(30)20-9-7-6-8-19(20)22-26-24(27-33-22)25(3,4)5/h6-11,16H,12-15H2,1-5H3. The Balaban J connectivity index is 1.52. The van der Waals surface area contributed by atoms with Crippen LogP contribution in [0.1, 0.15) is 48.1 Å². The van der Waals surface area contributed by atoms with Crippen molar-refractivity contribution in [2.24, 2.45) is 0 Å². The maximum Gasteiger partial charge on any atom is 0.258 e. The van der Waals surface area contributed by atoms with E-state index in [-0.39, 0.29) is 24.4 Å². The number of amides is 1. The summed E-state index contributed by atoms with van der Waals surface area (Å²) in [5.74, 6) is 0.676. The molecule has 180 valence electrons. The van der Waals surface area contributed by atoms with Gasteiger partial charge in [0, 0.05) is 31.6 Å². The Morgan fingerprint density at radius 3 is 2.29 bits per heavy atom. The van der Waals surface area contributed by atoms with Gasteiger partial charge in [-0.15, -0.1) is 0 Å². The fourth-order valence-corrected chi connectivity index (χ4v) is 5.65. The molecule has 0 spiro atoms. The van der Waals surface area contributed by atoms with Crippen LogP contribution in [-0.2, 0) is 15.4 Å². The maximum atomic E-state index is 13.4. The lowest BCUT2D eigenvalue weighted by Crippen LogP contribution is -2.50. The topological polar surface area (TPSA) is 96.6 Å². The lowest BCUT2D eigenvalue weighted by Gasteiger charge is -2.34. The van der Waals surface area contributed by atoms with E-state index in [1.165, 1.54) is 4.31 Å². The van der Waals surface area contributed by atoms with Crippen LogP contribution < -0.4 is 0 Å². The Hall–Kier alpha value is -3.04. The minimum absolute atomic E-state index is 0.185.